The zero-order chi connectivity index (χ0) is 13.1. The SMILES string of the molecule is O=C(OCCS(=O)(=O)O)c1cc(F)cc(F)c1. The van der Waals surface area contributed by atoms with E-state index in [0.29, 0.717) is 6.07 Å². The molecule has 0 aromatic heterocycles. The Bertz CT molecular complexity index is 506. The lowest BCUT2D eigenvalue weighted by atomic mass is 10.2. The highest BCUT2D eigenvalue weighted by Gasteiger charge is 2.12. The van der Waals surface area contributed by atoms with Crippen molar-refractivity contribution in [1.82, 2.24) is 0 Å². The minimum absolute atomic E-state index is 0.377. The van der Waals surface area contributed by atoms with Crippen molar-refractivity contribution in [2.24, 2.45) is 0 Å². The molecule has 1 rings (SSSR count). The summed E-state index contributed by atoms with van der Waals surface area (Å²) in [6.45, 7) is -0.601. The van der Waals surface area contributed by atoms with E-state index in [-0.39, 0.29) is 5.56 Å². The highest BCUT2D eigenvalue weighted by molar-refractivity contribution is 7.85. The van der Waals surface area contributed by atoms with E-state index in [4.69, 9.17) is 4.55 Å². The molecular formula is C9H8F2O5S. The highest BCUT2D eigenvalue weighted by Crippen LogP contribution is 2.09. The Morgan fingerprint density at radius 1 is 1.24 bits per heavy atom. The van der Waals surface area contributed by atoms with Gasteiger partial charge >= 0.3 is 5.97 Å². The molecule has 0 heterocycles. The fraction of sp³-hybridized carbons (Fsp3) is 0.222. The van der Waals surface area contributed by atoms with E-state index in [0.717, 1.165) is 12.1 Å². The lowest BCUT2D eigenvalue weighted by molar-refractivity contribution is 0.0527. The van der Waals surface area contributed by atoms with Crippen molar-refractivity contribution in [2.75, 3.05) is 12.4 Å². The van der Waals surface area contributed by atoms with Crippen LogP contribution in [0.4, 0.5) is 8.78 Å². The Hall–Kier alpha value is -1.54. The third kappa shape index (κ3) is 4.87. The van der Waals surface area contributed by atoms with E-state index in [2.05, 4.69) is 4.74 Å². The lowest BCUT2D eigenvalue weighted by Crippen LogP contribution is -2.15. The van der Waals surface area contributed by atoms with Gasteiger partial charge in [-0.2, -0.15) is 8.42 Å². The molecule has 0 atom stereocenters. The lowest BCUT2D eigenvalue weighted by Gasteiger charge is -2.03. The standard InChI is InChI=1S/C9H8F2O5S/c10-7-3-6(4-8(11)5-7)9(12)16-1-2-17(13,14)15/h3-5H,1-2H2,(H,13,14,15). The van der Waals surface area contributed by atoms with Crippen LogP contribution in [0.25, 0.3) is 0 Å². The molecule has 94 valence electrons. The molecule has 0 aliphatic carbocycles. The smallest absolute Gasteiger partial charge is 0.338 e. The molecule has 0 saturated heterocycles. The number of rotatable bonds is 4. The molecule has 0 aliphatic rings. The van der Waals surface area contributed by atoms with Gasteiger partial charge in [0.15, 0.2) is 0 Å². The predicted molar refractivity (Wildman–Crippen MR) is 53.1 cm³/mol. The van der Waals surface area contributed by atoms with Crippen LogP contribution in [0.2, 0.25) is 0 Å². The van der Waals surface area contributed by atoms with Crippen LogP contribution in [-0.4, -0.2) is 31.3 Å². The van der Waals surface area contributed by atoms with Crippen LogP contribution >= 0.6 is 0 Å². The van der Waals surface area contributed by atoms with Gasteiger partial charge in [0, 0.05) is 6.07 Å². The van der Waals surface area contributed by atoms with Gasteiger partial charge in [-0.05, 0) is 12.1 Å². The molecule has 0 spiro atoms. The molecule has 0 aliphatic heterocycles. The molecule has 0 saturated carbocycles. The first kappa shape index (κ1) is 13.5. The Morgan fingerprint density at radius 2 is 1.76 bits per heavy atom. The summed E-state index contributed by atoms with van der Waals surface area (Å²) in [6, 6.07) is 2.08. The van der Waals surface area contributed by atoms with Crippen molar-refractivity contribution in [3.63, 3.8) is 0 Å². The van der Waals surface area contributed by atoms with E-state index >= 15 is 0 Å². The zero-order valence-corrected chi connectivity index (χ0v) is 9.21. The Morgan fingerprint density at radius 3 is 2.24 bits per heavy atom. The summed E-state index contributed by atoms with van der Waals surface area (Å²) in [7, 11) is -4.24. The quantitative estimate of drug-likeness (QED) is 0.649. The van der Waals surface area contributed by atoms with Gasteiger partial charge in [0.25, 0.3) is 10.1 Å². The molecule has 0 bridgehead atoms. The molecule has 1 aromatic rings. The topological polar surface area (TPSA) is 80.7 Å². The van der Waals surface area contributed by atoms with Gasteiger partial charge in [0.2, 0.25) is 0 Å². The summed E-state index contributed by atoms with van der Waals surface area (Å²) in [5, 5.41) is 0. The fourth-order valence-corrected chi connectivity index (χ4v) is 1.29. The van der Waals surface area contributed by atoms with Gasteiger partial charge in [0.1, 0.15) is 24.0 Å². The van der Waals surface area contributed by atoms with Crippen molar-refractivity contribution in [3.8, 4) is 0 Å². The second-order valence-corrected chi connectivity index (χ2v) is 4.65. The number of halogens is 2. The average Bonchev–Trinajstić information content (AvgIpc) is 2.13. The molecule has 17 heavy (non-hydrogen) atoms. The van der Waals surface area contributed by atoms with Gasteiger partial charge in [-0.3, -0.25) is 4.55 Å². The van der Waals surface area contributed by atoms with Crippen LogP contribution in [0.1, 0.15) is 10.4 Å². The molecule has 8 heteroatoms. The summed E-state index contributed by atoms with van der Waals surface area (Å²) < 4.78 is 58.8. The van der Waals surface area contributed by atoms with E-state index in [1.807, 2.05) is 0 Å². The van der Waals surface area contributed by atoms with Crippen LogP contribution < -0.4 is 0 Å². The van der Waals surface area contributed by atoms with Crippen LogP contribution in [0.5, 0.6) is 0 Å². The largest absolute Gasteiger partial charge is 0.461 e. The van der Waals surface area contributed by atoms with Crippen molar-refractivity contribution >= 4 is 16.1 Å². The first-order valence-electron chi connectivity index (χ1n) is 4.36. The van der Waals surface area contributed by atoms with Gasteiger partial charge < -0.3 is 4.74 Å². The van der Waals surface area contributed by atoms with Crippen molar-refractivity contribution < 1.29 is 31.3 Å². The van der Waals surface area contributed by atoms with E-state index in [1.54, 1.807) is 0 Å². The molecule has 1 aromatic carbocycles. The van der Waals surface area contributed by atoms with Crippen LogP contribution in [0.3, 0.4) is 0 Å². The molecular weight excluding hydrogens is 258 g/mol. The number of ether oxygens (including phenoxy) is 1. The monoisotopic (exact) mass is 266 g/mol. The summed E-state index contributed by atoms with van der Waals surface area (Å²) >= 11 is 0. The zero-order valence-electron chi connectivity index (χ0n) is 8.39. The third-order valence-electron chi connectivity index (χ3n) is 1.67. The Labute approximate surface area is 95.8 Å². The van der Waals surface area contributed by atoms with Crippen molar-refractivity contribution in [1.29, 1.82) is 0 Å². The maximum atomic E-state index is 12.7. The summed E-state index contributed by atoms with van der Waals surface area (Å²) in [6.07, 6.45) is 0. The van der Waals surface area contributed by atoms with Crippen LogP contribution in [0, 0.1) is 11.6 Å². The molecule has 1 N–H and O–H groups in total. The molecule has 0 amide bonds. The second-order valence-electron chi connectivity index (χ2n) is 3.08. The van der Waals surface area contributed by atoms with Gasteiger partial charge in [-0.15, -0.1) is 0 Å². The first-order valence-corrected chi connectivity index (χ1v) is 5.97. The Balaban J connectivity index is 2.64. The maximum absolute atomic E-state index is 12.7. The van der Waals surface area contributed by atoms with Crippen molar-refractivity contribution in [3.05, 3.63) is 35.4 Å². The van der Waals surface area contributed by atoms with Crippen LogP contribution in [-0.2, 0) is 14.9 Å². The molecule has 0 radical (unpaired) electrons. The van der Waals surface area contributed by atoms with Gasteiger partial charge in [-0.25, -0.2) is 13.6 Å². The minimum atomic E-state index is -4.24. The summed E-state index contributed by atoms with van der Waals surface area (Å²) in [5.41, 5.74) is -0.377. The first-order chi connectivity index (χ1) is 7.78. The number of esters is 1. The van der Waals surface area contributed by atoms with Crippen molar-refractivity contribution in [2.45, 2.75) is 0 Å². The third-order valence-corrected chi connectivity index (χ3v) is 2.36. The maximum Gasteiger partial charge on any atom is 0.338 e. The highest BCUT2D eigenvalue weighted by atomic mass is 32.2. The average molecular weight is 266 g/mol. The van der Waals surface area contributed by atoms with E-state index < -0.39 is 40.1 Å². The number of hydrogen-bond donors (Lipinski definition) is 1. The summed E-state index contributed by atoms with van der Waals surface area (Å²) in [5.74, 6) is -3.76. The van der Waals surface area contributed by atoms with Crippen LogP contribution in [0.15, 0.2) is 18.2 Å². The second kappa shape index (κ2) is 5.19. The number of hydrogen-bond acceptors (Lipinski definition) is 4. The molecule has 5 nitrogen and oxygen atoms in total. The van der Waals surface area contributed by atoms with E-state index in [9.17, 15) is 22.0 Å². The summed E-state index contributed by atoms with van der Waals surface area (Å²) in [4.78, 5) is 11.2. The fourth-order valence-electron chi connectivity index (χ4n) is 0.995. The number of benzene rings is 1. The number of carbonyl (C=O) groups is 1. The van der Waals surface area contributed by atoms with Gasteiger partial charge in [-0.1, -0.05) is 0 Å². The van der Waals surface area contributed by atoms with E-state index in [1.165, 1.54) is 0 Å². The molecule has 0 fully saturated rings. The minimum Gasteiger partial charge on any atom is -0.461 e. The Kier molecular flexibility index (Phi) is 4.13. The predicted octanol–water partition coefficient (Wildman–Crippen LogP) is 1.01. The molecule has 0 unspecified atom stereocenters. The number of carbonyl (C=O) groups excluding carboxylic acids is 1. The normalized spacial score (nSPS) is 11.2. The van der Waals surface area contributed by atoms with Gasteiger partial charge in [0.05, 0.1) is 5.56 Å².